The van der Waals surface area contributed by atoms with Crippen molar-refractivity contribution in [2.24, 2.45) is 0 Å². The normalized spacial score (nSPS) is 13.4. The van der Waals surface area contributed by atoms with Crippen molar-refractivity contribution in [1.29, 1.82) is 0 Å². The van der Waals surface area contributed by atoms with Crippen LogP contribution in [-0.4, -0.2) is 51.7 Å². The Morgan fingerprint density at radius 1 is 0.971 bits per heavy atom. The first kappa shape index (κ1) is 23.3. The van der Waals surface area contributed by atoms with Gasteiger partial charge in [-0.2, -0.15) is 0 Å². The number of sulfonamides is 1. The highest BCUT2D eigenvalue weighted by atomic mass is 32.2. The van der Waals surface area contributed by atoms with Gasteiger partial charge in [-0.25, -0.2) is 18.0 Å². The predicted octanol–water partition coefficient (Wildman–Crippen LogP) is 3.69. The molecule has 4 rings (SSSR count). The van der Waals surface area contributed by atoms with Crippen LogP contribution in [0.15, 0.2) is 89.8 Å². The number of esters is 1. The molecule has 0 bridgehead atoms. The molecule has 0 aromatic heterocycles. The van der Waals surface area contributed by atoms with Crippen LogP contribution in [0, 0.1) is 0 Å². The molecule has 34 heavy (non-hydrogen) atoms. The number of nitrogens with zero attached hydrogens (tertiary/aromatic N) is 2. The molecule has 9 heteroatoms. The minimum absolute atomic E-state index is 0.0188. The molecule has 1 saturated heterocycles. The predicted molar refractivity (Wildman–Crippen MR) is 126 cm³/mol. The van der Waals surface area contributed by atoms with Crippen LogP contribution in [-0.2, 0) is 26.0 Å². The largest absolute Gasteiger partial charge is 0.460 e. The van der Waals surface area contributed by atoms with Crippen LogP contribution in [0.2, 0.25) is 0 Å². The van der Waals surface area contributed by atoms with Gasteiger partial charge in [-0.3, -0.25) is 4.31 Å². The molecule has 176 valence electrons. The van der Waals surface area contributed by atoms with Crippen molar-refractivity contribution in [2.45, 2.75) is 11.4 Å². The van der Waals surface area contributed by atoms with Crippen molar-refractivity contribution in [3.63, 3.8) is 0 Å². The van der Waals surface area contributed by atoms with Crippen LogP contribution in [0.1, 0.15) is 15.9 Å². The number of ether oxygens (including phenoxy) is 2. The lowest BCUT2D eigenvalue weighted by atomic mass is 10.2. The SMILES string of the molecule is O=C(OCCN1CCOC1=O)c1cccc(S(=O)(=O)N(Cc2ccccc2)c2ccccc2)c1. The van der Waals surface area contributed by atoms with Gasteiger partial charge in [-0.05, 0) is 35.9 Å². The van der Waals surface area contributed by atoms with Gasteiger partial charge in [0, 0.05) is 0 Å². The number of carbonyl (C=O) groups is 2. The zero-order valence-corrected chi connectivity index (χ0v) is 19.2. The maximum absolute atomic E-state index is 13.7. The minimum atomic E-state index is -3.99. The number of hydrogen-bond donors (Lipinski definition) is 0. The first-order valence-corrected chi connectivity index (χ1v) is 12.2. The fourth-order valence-electron chi connectivity index (χ4n) is 3.53. The van der Waals surface area contributed by atoms with E-state index < -0.39 is 22.1 Å². The number of carbonyl (C=O) groups excluding carboxylic acids is 2. The Kier molecular flexibility index (Phi) is 7.12. The summed E-state index contributed by atoms with van der Waals surface area (Å²) in [7, 11) is -3.99. The Hall–Kier alpha value is -3.85. The summed E-state index contributed by atoms with van der Waals surface area (Å²) in [5, 5.41) is 0. The standard InChI is InChI=1S/C25H24N2O6S/c28-24(32-16-14-26-15-17-33-25(26)29)21-10-7-13-23(18-21)34(30,31)27(22-11-5-2-6-12-22)19-20-8-3-1-4-9-20/h1-13,18H,14-17,19H2. The maximum atomic E-state index is 13.7. The molecule has 0 spiro atoms. The topological polar surface area (TPSA) is 93.2 Å². The van der Waals surface area contributed by atoms with Gasteiger partial charge < -0.3 is 14.4 Å². The summed E-state index contributed by atoms with van der Waals surface area (Å²) in [6, 6.07) is 23.8. The maximum Gasteiger partial charge on any atom is 0.410 e. The van der Waals surface area contributed by atoms with Gasteiger partial charge in [0.15, 0.2) is 0 Å². The molecule has 0 radical (unpaired) electrons. The number of cyclic esters (lactones) is 1. The second-order valence-corrected chi connectivity index (χ2v) is 9.46. The molecule has 0 saturated carbocycles. The molecule has 1 amide bonds. The fraction of sp³-hybridized carbons (Fsp3) is 0.200. The van der Waals surface area contributed by atoms with Crippen molar-refractivity contribution in [1.82, 2.24) is 4.90 Å². The van der Waals surface area contributed by atoms with Gasteiger partial charge >= 0.3 is 12.1 Å². The van der Waals surface area contributed by atoms with E-state index in [-0.39, 0.29) is 30.2 Å². The molecule has 0 N–H and O–H groups in total. The smallest absolute Gasteiger partial charge is 0.410 e. The highest BCUT2D eigenvalue weighted by Crippen LogP contribution is 2.26. The lowest BCUT2D eigenvalue weighted by molar-refractivity contribution is 0.0477. The van der Waals surface area contributed by atoms with E-state index in [9.17, 15) is 18.0 Å². The van der Waals surface area contributed by atoms with E-state index in [0.29, 0.717) is 18.8 Å². The number of para-hydroxylation sites is 1. The third-order valence-electron chi connectivity index (χ3n) is 5.31. The fourth-order valence-corrected chi connectivity index (χ4v) is 5.03. The summed E-state index contributed by atoms with van der Waals surface area (Å²) in [5.74, 6) is -0.668. The van der Waals surface area contributed by atoms with E-state index in [1.165, 1.54) is 33.5 Å². The number of benzene rings is 3. The van der Waals surface area contributed by atoms with E-state index in [1.807, 2.05) is 36.4 Å². The summed E-state index contributed by atoms with van der Waals surface area (Å²) in [6.07, 6.45) is -0.441. The molecule has 1 aliphatic rings. The molecule has 0 aliphatic carbocycles. The van der Waals surface area contributed by atoms with E-state index in [0.717, 1.165) is 5.56 Å². The molecule has 1 fully saturated rings. The average molecular weight is 481 g/mol. The lowest BCUT2D eigenvalue weighted by Gasteiger charge is -2.25. The van der Waals surface area contributed by atoms with Gasteiger partial charge in [0.05, 0.1) is 35.8 Å². The van der Waals surface area contributed by atoms with Crippen molar-refractivity contribution in [3.8, 4) is 0 Å². The Morgan fingerprint density at radius 3 is 2.35 bits per heavy atom. The quantitative estimate of drug-likeness (QED) is 0.434. The molecule has 0 atom stereocenters. The molecule has 1 heterocycles. The van der Waals surface area contributed by atoms with Crippen LogP contribution >= 0.6 is 0 Å². The van der Waals surface area contributed by atoms with Crippen LogP contribution < -0.4 is 4.31 Å². The molecule has 1 aliphatic heterocycles. The van der Waals surface area contributed by atoms with Gasteiger partial charge in [0.25, 0.3) is 10.0 Å². The third-order valence-corrected chi connectivity index (χ3v) is 7.08. The van der Waals surface area contributed by atoms with Gasteiger partial charge in [0.2, 0.25) is 0 Å². The van der Waals surface area contributed by atoms with Gasteiger partial charge in [0.1, 0.15) is 13.2 Å². The van der Waals surface area contributed by atoms with E-state index >= 15 is 0 Å². The molecule has 8 nitrogen and oxygen atoms in total. The van der Waals surface area contributed by atoms with Crippen molar-refractivity contribution < 1.29 is 27.5 Å². The second-order valence-electron chi connectivity index (χ2n) is 7.60. The first-order valence-electron chi connectivity index (χ1n) is 10.8. The number of anilines is 1. The summed E-state index contributed by atoms with van der Waals surface area (Å²) < 4.78 is 38.7. The Bertz CT molecular complexity index is 1250. The molecule has 0 unspecified atom stereocenters. The molecule has 3 aromatic rings. The van der Waals surface area contributed by atoms with E-state index in [1.54, 1.807) is 24.3 Å². The zero-order valence-electron chi connectivity index (χ0n) is 18.4. The van der Waals surface area contributed by atoms with E-state index in [4.69, 9.17) is 9.47 Å². The number of rotatable bonds is 9. The Balaban J connectivity index is 1.54. The highest BCUT2D eigenvalue weighted by molar-refractivity contribution is 7.92. The van der Waals surface area contributed by atoms with Crippen LogP contribution in [0.3, 0.4) is 0 Å². The summed E-state index contributed by atoms with van der Waals surface area (Å²) in [6.45, 7) is 1.08. The van der Waals surface area contributed by atoms with Crippen molar-refractivity contribution >= 4 is 27.8 Å². The van der Waals surface area contributed by atoms with E-state index in [2.05, 4.69) is 0 Å². The van der Waals surface area contributed by atoms with Gasteiger partial charge in [-0.15, -0.1) is 0 Å². The number of hydrogen-bond acceptors (Lipinski definition) is 6. The Labute approximate surface area is 198 Å². The number of amides is 1. The third kappa shape index (κ3) is 5.37. The van der Waals surface area contributed by atoms with Crippen LogP contribution in [0.25, 0.3) is 0 Å². The molecule has 3 aromatic carbocycles. The summed E-state index contributed by atoms with van der Waals surface area (Å²) >= 11 is 0. The van der Waals surface area contributed by atoms with Crippen molar-refractivity contribution in [2.75, 3.05) is 30.6 Å². The average Bonchev–Trinajstić information content (AvgIpc) is 3.28. The molecular weight excluding hydrogens is 456 g/mol. The summed E-state index contributed by atoms with van der Waals surface area (Å²) in [5.41, 5.74) is 1.44. The zero-order chi connectivity index (χ0) is 24.0. The van der Waals surface area contributed by atoms with Crippen LogP contribution in [0.4, 0.5) is 10.5 Å². The highest BCUT2D eigenvalue weighted by Gasteiger charge is 2.26. The first-order chi connectivity index (χ1) is 16.4. The lowest BCUT2D eigenvalue weighted by Crippen LogP contribution is -2.31. The van der Waals surface area contributed by atoms with Crippen LogP contribution in [0.5, 0.6) is 0 Å². The Morgan fingerprint density at radius 2 is 1.68 bits per heavy atom. The second kappa shape index (κ2) is 10.4. The molecular formula is C25H24N2O6S. The summed E-state index contributed by atoms with van der Waals surface area (Å²) in [4.78, 5) is 25.4. The van der Waals surface area contributed by atoms with Crippen molar-refractivity contribution in [3.05, 3.63) is 96.1 Å². The van der Waals surface area contributed by atoms with Gasteiger partial charge in [-0.1, -0.05) is 54.6 Å². The minimum Gasteiger partial charge on any atom is -0.460 e. The monoisotopic (exact) mass is 480 g/mol.